The van der Waals surface area contributed by atoms with Crippen molar-refractivity contribution >= 4 is 5.91 Å². The minimum Gasteiger partial charge on any atom is -0.497 e. The molecule has 0 bridgehead atoms. The van der Waals surface area contributed by atoms with Crippen molar-refractivity contribution in [2.45, 2.75) is 38.2 Å². The molecule has 1 fully saturated rings. The van der Waals surface area contributed by atoms with Crippen molar-refractivity contribution in [1.29, 1.82) is 0 Å². The number of methoxy groups -OCH3 is 1. The Kier molecular flexibility index (Phi) is 6.05. The molecule has 0 radical (unpaired) electrons. The fourth-order valence-corrected chi connectivity index (χ4v) is 2.55. The van der Waals surface area contributed by atoms with E-state index in [-0.39, 0.29) is 5.91 Å². The second-order valence-corrected chi connectivity index (χ2v) is 5.62. The zero-order chi connectivity index (χ0) is 15.1. The Bertz CT molecular complexity index is 438. The van der Waals surface area contributed by atoms with E-state index in [0.29, 0.717) is 12.5 Å². The van der Waals surface area contributed by atoms with Crippen LogP contribution in [0.4, 0.5) is 0 Å². The number of likely N-dealkylation sites (N-methyl/N-ethyl adjacent to an activating group) is 1. The first-order valence-corrected chi connectivity index (χ1v) is 7.67. The van der Waals surface area contributed by atoms with Gasteiger partial charge in [-0.3, -0.25) is 4.79 Å². The molecule has 0 aromatic heterocycles. The summed E-state index contributed by atoms with van der Waals surface area (Å²) in [7, 11) is 3.51. The molecule has 1 heterocycles. The van der Waals surface area contributed by atoms with E-state index in [2.05, 4.69) is 0 Å². The molecule has 1 aliphatic heterocycles. The average Bonchev–Trinajstić information content (AvgIpc) is 2.54. The Morgan fingerprint density at radius 1 is 1.33 bits per heavy atom. The number of carbonyl (C=O) groups is 1. The van der Waals surface area contributed by atoms with Gasteiger partial charge in [0, 0.05) is 20.2 Å². The Hall–Kier alpha value is -1.55. The Morgan fingerprint density at radius 3 is 2.71 bits per heavy atom. The van der Waals surface area contributed by atoms with E-state index in [1.165, 1.54) is 12.8 Å². The number of rotatable bonds is 6. The van der Waals surface area contributed by atoms with E-state index in [4.69, 9.17) is 9.47 Å². The average molecular weight is 291 g/mol. The molecular weight excluding hydrogens is 266 g/mol. The minimum absolute atomic E-state index is 0.149. The molecule has 1 atom stereocenters. The molecule has 0 spiro atoms. The van der Waals surface area contributed by atoms with Gasteiger partial charge in [0.2, 0.25) is 5.91 Å². The number of ether oxygens (including phenoxy) is 2. The lowest BCUT2D eigenvalue weighted by molar-refractivity contribution is -0.129. The Labute approximate surface area is 127 Å². The zero-order valence-corrected chi connectivity index (χ0v) is 13.0. The maximum absolute atomic E-state index is 12.2. The van der Waals surface area contributed by atoms with Crippen molar-refractivity contribution in [3.63, 3.8) is 0 Å². The summed E-state index contributed by atoms with van der Waals surface area (Å²) in [6, 6.07) is 7.65. The summed E-state index contributed by atoms with van der Waals surface area (Å²) < 4.78 is 10.8. The molecule has 1 aromatic rings. The van der Waals surface area contributed by atoms with Crippen LogP contribution in [0.15, 0.2) is 24.3 Å². The van der Waals surface area contributed by atoms with Crippen molar-refractivity contribution < 1.29 is 14.3 Å². The van der Waals surface area contributed by atoms with Gasteiger partial charge < -0.3 is 14.4 Å². The second-order valence-electron chi connectivity index (χ2n) is 5.62. The van der Waals surface area contributed by atoms with Crippen LogP contribution in [-0.4, -0.2) is 44.2 Å². The van der Waals surface area contributed by atoms with Crippen molar-refractivity contribution in [2.24, 2.45) is 0 Å². The van der Waals surface area contributed by atoms with Gasteiger partial charge >= 0.3 is 0 Å². The van der Waals surface area contributed by atoms with E-state index in [9.17, 15) is 4.79 Å². The topological polar surface area (TPSA) is 38.8 Å². The van der Waals surface area contributed by atoms with Crippen LogP contribution >= 0.6 is 0 Å². The summed E-state index contributed by atoms with van der Waals surface area (Å²) in [6.45, 7) is 1.63. The number of carbonyl (C=O) groups excluding carboxylic acids is 1. The minimum atomic E-state index is 0.149. The highest BCUT2D eigenvalue weighted by atomic mass is 16.5. The molecule has 0 N–H and O–H groups in total. The number of nitrogens with zero attached hydrogens (tertiary/aromatic N) is 1. The van der Waals surface area contributed by atoms with Gasteiger partial charge in [0.05, 0.1) is 19.6 Å². The normalized spacial score (nSPS) is 18.3. The van der Waals surface area contributed by atoms with Crippen LogP contribution in [0.25, 0.3) is 0 Å². The van der Waals surface area contributed by atoms with Crippen molar-refractivity contribution in [3.8, 4) is 5.75 Å². The Morgan fingerprint density at radius 2 is 2.10 bits per heavy atom. The maximum Gasteiger partial charge on any atom is 0.226 e. The maximum atomic E-state index is 12.2. The van der Waals surface area contributed by atoms with Gasteiger partial charge in [0.15, 0.2) is 0 Å². The van der Waals surface area contributed by atoms with E-state index in [0.717, 1.165) is 37.3 Å². The summed E-state index contributed by atoms with van der Waals surface area (Å²) >= 11 is 0. The molecule has 1 saturated heterocycles. The van der Waals surface area contributed by atoms with Gasteiger partial charge in [-0.25, -0.2) is 0 Å². The summed E-state index contributed by atoms with van der Waals surface area (Å²) in [5, 5.41) is 0. The van der Waals surface area contributed by atoms with Crippen LogP contribution in [0.3, 0.4) is 0 Å². The van der Waals surface area contributed by atoms with Crippen LogP contribution in [0.5, 0.6) is 5.75 Å². The number of benzene rings is 1. The molecule has 0 aliphatic carbocycles. The van der Waals surface area contributed by atoms with E-state index in [1.54, 1.807) is 7.11 Å². The van der Waals surface area contributed by atoms with Crippen LogP contribution < -0.4 is 4.74 Å². The van der Waals surface area contributed by atoms with Gasteiger partial charge in [-0.05, 0) is 43.4 Å². The molecule has 4 nitrogen and oxygen atoms in total. The highest BCUT2D eigenvalue weighted by Crippen LogP contribution is 2.16. The van der Waals surface area contributed by atoms with Crippen LogP contribution in [-0.2, 0) is 16.0 Å². The summed E-state index contributed by atoms with van der Waals surface area (Å²) in [4.78, 5) is 14.0. The molecule has 2 rings (SSSR count). The smallest absolute Gasteiger partial charge is 0.226 e. The predicted molar refractivity (Wildman–Crippen MR) is 82.5 cm³/mol. The monoisotopic (exact) mass is 291 g/mol. The summed E-state index contributed by atoms with van der Waals surface area (Å²) in [5.74, 6) is 0.963. The Balaban J connectivity index is 1.75. The fourth-order valence-electron chi connectivity index (χ4n) is 2.55. The number of hydrogen-bond donors (Lipinski definition) is 0. The molecular formula is C17H25NO3. The first kappa shape index (κ1) is 15.8. The fraction of sp³-hybridized carbons (Fsp3) is 0.588. The first-order valence-electron chi connectivity index (χ1n) is 7.67. The van der Waals surface area contributed by atoms with Crippen LogP contribution in [0.2, 0.25) is 0 Å². The van der Waals surface area contributed by atoms with Gasteiger partial charge in [0.25, 0.3) is 0 Å². The zero-order valence-electron chi connectivity index (χ0n) is 13.0. The lowest BCUT2D eigenvalue weighted by Gasteiger charge is -2.25. The SMILES string of the molecule is COc1ccc(CC(=O)N(C)CCC2CCCCO2)cc1. The summed E-state index contributed by atoms with van der Waals surface area (Å²) in [5.41, 5.74) is 1.02. The van der Waals surface area contributed by atoms with E-state index < -0.39 is 0 Å². The first-order chi connectivity index (χ1) is 10.2. The predicted octanol–water partition coefficient (Wildman–Crippen LogP) is 2.66. The molecule has 21 heavy (non-hydrogen) atoms. The third-order valence-electron chi connectivity index (χ3n) is 4.00. The van der Waals surface area contributed by atoms with Crippen molar-refractivity contribution in [2.75, 3.05) is 27.3 Å². The quantitative estimate of drug-likeness (QED) is 0.809. The highest BCUT2D eigenvalue weighted by molar-refractivity contribution is 5.78. The van der Waals surface area contributed by atoms with Crippen molar-refractivity contribution in [3.05, 3.63) is 29.8 Å². The standard InChI is InChI=1S/C17H25NO3/c1-18(11-10-16-5-3-4-12-21-16)17(19)13-14-6-8-15(20-2)9-7-14/h6-9,16H,3-5,10-13H2,1-2H3. The molecule has 116 valence electrons. The van der Waals surface area contributed by atoms with Gasteiger partial charge in [-0.2, -0.15) is 0 Å². The van der Waals surface area contributed by atoms with Crippen LogP contribution in [0.1, 0.15) is 31.2 Å². The molecule has 1 amide bonds. The van der Waals surface area contributed by atoms with Gasteiger partial charge in [-0.1, -0.05) is 12.1 Å². The molecule has 1 aliphatic rings. The molecule has 0 saturated carbocycles. The second kappa shape index (κ2) is 8.03. The third kappa shape index (κ3) is 5.05. The lowest BCUT2D eigenvalue weighted by Crippen LogP contribution is -2.32. The molecule has 4 heteroatoms. The molecule has 1 aromatic carbocycles. The lowest BCUT2D eigenvalue weighted by atomic mass is 10.1. The third-order valence-corrected chi connectivity index (χ3v) is 4.00. The van der Waals surface area contributed by atoms with E-state index in [1.807, 2.05) is 36.2 Å². The van der Waals surface area contributed by atoms with Crippen molar-refractivity contribution in [1.82, 2.24) is 4.90 Å². The van der Waals surface area contributed by atoms with Gasteiger partial charge in [-0.15, -0.1) is 0 Å². The summed E-state index contributed by atoms with van der Waals surface area (Å²) in [6.07, 6.45) is 5.24. The number of hydrogen-bond acceptors (Lipinski definition) is 3. The molecule has 1 unspecified atom stereocenters. The van der Waals surface area contributed by atoms with Gasteiger partial charge in [0.1, 0.15) is 5.75 Å². The largest absolute Gasteiger partial charge is 0.497 e. The van der Waals surface area contributed by atoms with E-state index >= 15 is 0 Å². The van der Waals surface area contributed by atoms with Crippen LogP contribution in [0, 0.1) is 0 Å². The number of amides is 1. The highest BCUT2D eigenvalue weighted by Gasteiger charge is 2.16.